The molecule has 0 atom stereocenters. The third-order valence-electron chi connectivity index (χ3n) is 1.84. The van der Waals surface area contributed by atoms with Crippen molar-refractivity contribution in [1.29, 1.82) is 0 Å². The molecule has 0 unspecified atom stereocenters. The molecule has 1 aromatic heterocycles. The average molecular weight is 291 g/mol. The van der Waals surface area contributed by atoms with Crippen LogP contribution in [0.2, 0.25) is 15.2 Å². The number of hydrogen-bond acceptors (Lipinski definition) is 2. The van der Waals surface area contributed by atoms with Crippen LogP contribution in [0.1, 0.15) is 0 Å². The van der Waals surface area contributed by atoms with Crippen molar-refractivity contribution >= 4 is 46.6 Å². The Morgan fingerprint density at radius 1 is 1.00 bits per heavy atom. The number of pyridine rings is 1. The molecule has 82 valence electrons. The van der Waals surface area contributed by atoms with Crippen molar-refractivity contribution in [3.05, 3.63) is 51.7 Å². The van der Waals surface area contributed by atoms with Gasteiger partial charge in [-0.05, 0) is 24.3 Å². The lowest BCUT2D eigenvalue weighted by Gasteiger charge is -2.06. The van der Waals surface area contributed by atoms with E-state index in [1.165, 1.54) is 11.8 Å². The molecular weight excluding hydrogens is 285 g/mol. The first-order valence-electron chi connectivity index (χ1n) is 4.40. The van der Waals surface area contributed by atoms with E-state index in [1.54, 1.807) is 24.4 Å². The maximum absolute atomic E-state index is 6.07. The lowest BCUT2D eigenvalue weighted by molar-refractivity contribution is 1.26. The molecule has 0 spiro atoms. The fourth-order valence-corrected chi connectivity index (χ4v) is 2.88. The van der Waals surface area contributed by atoms with E-state index in [4.69, 9.17) is 34.8 Å². The molecule has 0 aliphatic rings. The van der Waals surface area contributed by atoms with E-state index in [9.17, 15) is 0 Å². The minimum atomic E-state index is 0.452. The molecule has 0 bridgehead atoms. The SMILES string of the molecule is Clc1cc(Sc2c(Cl)cccc2Cl)ccn1. The van der Waals surface area contributed by atoms with Crippen molar-refractivity contribution in [2.24, 2.45) is 0 Å². The zero-order valence-electron chi connectivity index (χ0n) is 7.95. The van der Waals surface area contributed by atoms with Crippen molar-refractivity contribution in [2.45, 2.75) is 9.79 Å². The average Bonchev–Trinajstić information content (AvgIpc) is 2.24. The number of benzene rings is 1. The van der Waals surface area contributed by atoms with Gasteiger partial charge in [0.1, 0.15) is 5.15 Å². The van der Waals surface area contributed by atoms with Crippen LogP contribution in [0.3, 0.4) is 0 Å². The monoisotopic (exact) mass is 289 g/mol. The van der Waals surface area contributed by atoms with E-state index in [0.29, 0.717) is 15.2 Å². The Hall–Kier alpha value is -0.410. The second kappa shape index (κ2) is 5.28. The van der Waals surface area contributed by atoms with Crippen molar-refractivity contribution in [1.82, 2.24) is 4.98 Å². The summed E-state index contributed by atoms with van der Waals surface area (Å²) < 4.78 is 0. The third-order valence-corrected chi connectivity index (χ3v) is 4.03. The minimum absolute atomic E-state index is 0.452. The zero-order chi connectivity index (χ0) is 11.5. The molecule has 0 saturated carbocycles. The van der Waals surface area contributed by atoms with Crippen LogP contribution in [0, 0.1) is 0 Å². The Kier molecular flexibility index (Phi) is 3.98. The predicted octanol–water partition coefficient (Wildman–Crippen LogP) is 5.19. The van der Waals surface area contributed by atoms with Gasteiger partial charge in [-0.25, -0.2) is 4.98 Å². The van der Waals surface area contributed by atoms with Crippen molar-refractivity contribution < 1.29 is 0 Å². The molecule has 0 N–H and O–H groups in total. The highest BCUT2D eigenvalue weighted by molar-refractivity contribution is 7.99. The molecule has 0 aliphatic carbocycles. The lowest BCUT2D eigenvalue weighted by Crippen LogP contribution is -1.79. The Bertz CT molecular complexity index is 496. The summed E-state index contributed by atoms with van der Waals surface area (Å²) in [6.45, 7) is 0. The molecular formula is C11H6Cl3NS. The first-order chi connectivity index (χ1) is 7.66. The van der Waals surface area contributed by atoms with Crippen molar-refractivity contribution in [3.8, 4) is 0 Å². The van der Waals surface area contributed by atoms with Crippen LogP contribution in [-0.2, 0) is 0 Å². The van der Waals surface area contributed by atoms with E-state index in [-0.39, 0.29) is 0 Å². The molecule has 1 heterocycles. The fourth-order valence-electron chi connectivity index (χ4n) is 1.15. The zero-order valence-corrected chi connectivity index (χ0v) is 11.0. The van der Waals surface area contributed by atoms with Gasteiger partial charge in [-0.15, -0.1) is 0 Å². The molecule has 2 rings (SSSR count). The second-order valence-corrected chi connectivity index (χ2v) is 5.25. The number of rotatable bonds is 2. The van der Waals surface area contributed by atoms with Crippen LogP contribution in [0.25, 0.3) is 0 Å². The minimum Gasteiger partial charge on any atom is -0.244 e. The van der Waals surface area contributed by atoms with Crippen LogP contribution in [0.15, 0.2) is 46.3 Å². The van der Waals surface area contributed by atoms with Gasteiger partial charge >= 0.3 is 0 Å². The van der Waals surface area contributed by atoms with Gasteiger partial charge in [0.05, 0.1) is 10.0 Å². The van der Waals surface area contributed by atoms with Gasteiger partial charge in [0.15, 0.2) is 0 Å². The van der Waals surface area contributed by atoms with Gasteiger partial charge in [0.2, 0.25) is 0 Å². The summed E-state index contributed by atoms with van der Waals surface area (Å²) in [6.07, 6.45) is 1.65. The molecule has 16 heavy (non-hydrogen) atoms. The Morgan fingerprint density at radius 3 is 2.31 bits per heavy atom. The van der Waals surface area contributed by atoms with E-state index in [2.05, 4.69) is 4.98 Å². The highest BCUT2D eigenvalue weighted by Crippen LogP contribution is 2.38. The van der Waals surface area contributed by atoms with Gasteiger partial charge in [0.25, 0.3) is 0 Å². The van der Waals surface area contributed by atoms with Crippen molar-refractivity contribution in [2.75, 3.05) is 0 Å². The van der Waals surface area contributed by atoms with Crippen LogP contribution in [0.5, 0.6) is 0 Å². The standard InChI is InChI=1S/C11H6Cl3NS/c12-8-2-1-3-9(13)11(8)16-7-4-5-15-10(14)6-7/h1-6H. The van der Waals surface area contributed by atoms with Crippen LogP contribution in [-0.4, -0.2) is 4.98 Å². The molecule has 1 nitrogen and oxygen atoms in total. The van der Waals surface area contributed by atoms with Gasteiger partial charge in [0, 0.05) is 16.0 Å². The molecule has 5 heteroatoms. The van der Waals surface area contributed by atoms with Gasteiger partial charge in [-0.1, -0.05) is 52.6 Å². The normalized spacial score (nSPS) is 10.4. The third kappa shape index (κ3) is 2.83. The summed E-state index contributed by atoms with van der Waals surface area (Å²) in [7, 11) is 0. The number of aromatic nitrogens is 1. The van der Waals surface area contributed by atoms with Crippen LogP contribution >= 0.6 is 46.6 Å². The smallest absolute Gasteiger partial charge is 0.130 e. The van der Waals surface area contributed by atoms with Crippen molar-refractivity contribution in [3.63, 3.8) is 0 Å². The molecule has 2 aromatic rings. The Labute approximate surface area is 113 Å². The van der Waals surface area contributed by atoms with E-state index in [1.807, 2.05) is 12.1 Å². The molecule has 0 fully saturated rings. The predicted molar refractivity (Wildman–Crippen MR) is 69.8 cm³/mol. The number of nitrogens with zero attached hydrogens (tertiary/aromatic N) is 1. The van der Waals surface area contributed by atoms with E-state index >= 15 is 0 Å². The summed E-state index contributed by atoms with van der Waals surface area (Å²) in [5.41, 5.74) is 0. The quantitative estimate of drug-likeness (QED) is 0.706. The maximum atomic E-state index is 6.07. The van der Waals surface area contributed by atoms with Crippen LogP contribution in [0.4, 0.5) is 0 Å². The summed E-state index contributed by atoms with van der Waals surface area (Å²) in [6, 6.07) is 9.05. The molecule has 0 aliphatic heterocycles. The molecule has 1 aromatic carbocycles. The highest BCUT2D eigenvalue weighted by Gasteiger charge is 2.07. The number of halogens is 3. The number of hydrogen-bond donors (Lipinski definition) is 0. The highest BCUT2D eigenvalue weighted by atomic mass is 35.5. The molecule has 0 amide bonds. The van der Waals surface area contributed by atoms with Gasteiger partial charge in [-0.3, -0.25) is 0 Å². The topological polar surface area (TPSA) is 12.9 Å². The summed E-state index contributed by atoms with van der Waals surface area (Å²) >= 11 is 19.4. The second-order valence-electron chi connectivity index (χ2n) is 2.97. The maximum Gasteiger partial charge on any atom is 0.130 e. The summed E-state index contributed by atoms with van der Waals surface area (Å²) in [5, 5.41) is 1.71. The fraction of sp³-hybridized carbons (Fsp3) is 0. The molecule has 0 radical (unpaired) electrons. The lowest BCUT2D eigenvalue weighted by atomic mass is 10.4. The summed E-state index contributed by atoms with van der Waals surface area (Å²) in [5.74, 6) is 0. The summed E-state index contributed by atoms with van der Waals surface area (Å²) in [4.78, 5) is 5.69. The van der Waals surface area contributed by atoms with Gasteiger partial charge in [-0.2, -0.15) is 0 Å². The van der Waals surface area contributed by atoms with E-state index in [0.717, 1.165) is 9.79 Å². The van der Waals surface area contributed by atoms with E-state index < -0.39 is 0 Å². The molecule has 0 saturated heterocycles. The first-order valence-corrected chi connectivity index (χ1v) is 6.35. The Balaban J connectivity index is 2.34. The van der Waals surface area contributed by atoms with Crippen LogP contribution < -0.4 is 0 Å². The first kappa shape index (κ1) is 12.1. The largest absolute Gasteiger partial charge is 0.244 e. The Morgan fingerprint density at radius 2 is 1.69 bits per heavy atom. The van der Waals surface area contributed by atoms with Gasteiger partial charge < -0.3 is 0 Å².